The van der Waals surface area contributed by atoms with E-state index < -0.39 is 28.1 Å². The van der Waals surface area contributed by atoms with Crippen LogP contribution in [0.25, 0.3) is 0 Å². The van der Waals surface area contributed by atoms with E-state index in [1.165, 1.54) is 6.07 Å². The fraction of sp³-hybridized carbons (Fsp3) is 0.300. The second kappa shape index (κ2) is 4.53. The molecule has 0 aliphatic rings. The Morgan fingerprint density at radius 2 is 2.07 bits per heavy atom. The van der Waals surface area contributed by atoms with Crippen molar-refractivity contribution in [2.24, 2.45) is 0 Å². The second-order valence-electron chi connectivity index (χ2n) is 3.29. The smallest absolute Gasteiger partial charge is 0.338 e. The lowest BCUT2D eigenvalue weighted by atomic mass is 10.2. The normalized spacial score (nSPS) is 12.8. The van der Waals surface area contributed by atoms with Gasteiger partial charge in [-0.25, -0.2) is 9.18 Å². The summed E-state index contributed by atoms with van der Waals surface area (Å²) in [5, 5.41) is 8.54. The molecule has 1 N–H and O–H groups in total. The summed E-state index contributed by atoms with van der Waals surface area (Å²) in [6.45, 7) is 3.50. The zero-order valence-corrected chi connectivity index (χ0v) is 9.18. The van der Waals surface area contributed by atoms with Gasteiger partial charge in [-0.2, -0.15) is 0 Å². The molecule has 5 heteroatoms. The lowest BCUT2D eigenvalue weighted by molar-refractivity contribution is 0.0691. The molecule has 0 fully saturated rings. The van der Waals surface area contributed by atoms with Gasteiger partial charge in [0, 0.05) is 10.1 Å². The van der Waals surface area contributed by atoms with Gasteiger partial charge in [-0.3, -0.25) is 4.21 Å². The van der Waals surface area contributed by atoms with Crippen LogP contribution in [0.15, 0.2) is 23.1 Å². The van der Waals surface area contributed by atoms with Crippen molar-refractivity contribution < 1.29 is 18.5 Å². The number of carboxylic acids is 1. The first-order chi connectivity index (χ1) is 6.93. The summed E-state index contributed by atoms with van der Waals surface area (Å²) in [6.07, 6.45) is 0. The summed E-state index contributed by atoms with van der Waals surface area (Å²) in [5.74, 6) is -2.16. The Morgan fingerprint density at radius 3 is 2.53 bits per heavy atom. The summed E-state index contributed by atoms with van der Waals surface area (Å²) in [6, 6.07) is 3.49. The molecular formula is C10H11FO3S. The van der Waals surface area contributed by atoms with Crippen molar-refractivity contribution in [3.63, 3.8) is 0 Å². The number of benzene rings is 1. The Morgan fingerprint density at radius 1 is 1.47 bits per heavy atom. The van der Waals surface area contributed by atoms with Gasteiger partial charge in [0.2, 0.25) is 0 Å². The van der Waals surface area contributed by atoms with E-state index in [0.717, 1.165) is 12.1 Å². The third-order valence-corrected chi connectivity index (χ3v) is 3.40. The summed E-state index contributed by atoms with van der Waals surface area (Å²) >= 11 is 0. The highest BCUT2D eigenvalue weighted by Gasteiger charge is 2.15. The lowest BCUT2D eigenvalue weighted by Crippen LogP contribution is -2.08. The molecule has 0 aliphatic heterocycles. The van der Waals surface area contributed by atoms with Crippen LogP contribution in [0.4, 0.5) is 4.39 Å². The molecule has 0 saturated heterocycles. The van der Waals surface area contributed by atoms with Gasteiger partial charge >= 0.3 is 5.97 Å². The van der Waals surface area contributed by atoms with Crippen LogP contribution in [-0.4, -0.2) is 20.5 Å². The molecule has 0 heterocycles. The second-order valence-corrected chi connectivity index (χ2v) is 5.30. The molecule has 1 aromatic carbocycles. The highest BCUT2D eigenvalue weighted by atomic mass is 32.2. The Kier molecular flexibility index (Phi) is 3.57. The standard InChI is InChI=1S/C10H11FO3S/c1-6(2)15(14)7-3-4-9(11)8(5-7)10(12)13/h3-6H,1-2H3,(H,12,13). The minimum atomic E-state index is -1.35. The molecular weight excluding hydrogens is 219 g/mol. The van der Waals surface area contributed by atoms with E-state index in [0.29, 0.717) is 4.90 Å². The molecule has 0 aromatic heterocycles. The molecule has 1 atom stereocenters. The number of carbonyl (C=O) groups is 1. The topological polar surface area (TPSA) is 54.4 Å². The number of rotatable bonds is 3. The fourth-order valence-electron chi connectivity index (χ4n) is 1.07. The van der Waals surface area contributed by atoms with Crippen LogP contribution >= 0.6 is 0 Å². The minimum absolute atomic E-state index is 0.128. The fourth-order valence-corrected chi connectivity index (χ4v) is 2.05. The molecule has 82 valence electrons. The van der Waals surface area contributed by atoms with Crippen molar-refractivity contribution in [2.45, 2.75) is 24.0 Å². The van der Waals surface area contributed by atoms with E-state index in [-0.39, 0.29) is 5.25 Å². The number of hydrogen-bond acceptors (Lipinski definition) is 2. The predicted octanol–water partition coefficient (Wildman–Crippen LogP) is 2.04. The Hall–Kier alpha value is -1.23. The molecule has 0 spiro atoms. The Labute approximate surface area is 89.4 Å². The highest BCUT2D eigenvalue weighted by Crippen LogP contribution is 2.16. The molecule has 1 rings (SSSR count). The van der Waals surface area contributed by atoms with Crippen molar-refractivity contribution >= 4 is 16.8 Å². The van der Waals surface area contributed by atoms with Crippen molar-refractivity contribution in [1.29, 1.82) is 0 Å². The molecule has 1 aromatic rings. The van der Waals surface area contributed by atoms with E-state index in [4.69, 9.17) is 5.11 Å². The van der Waals surface area contributed by atoms with Crippen LogP contribution in [0.2, 0.25) is 0 Å². The first-order valence-corrected chi connectivity index (χ1v) is 5.58. The van der Waals surface area contributed by atoms with Crippen LogP contribution in [0.1, 0.15) is 24.2 Å². The SMILES string of the molecule is CC(C)S(=O)c1ccc(F)c(C(=O)O)c1. The van der Waals surface area contributed by atoms with Crippen LogP contribution in [0.5, 0.6) is 0 Å². The lowest BCUT2D eigenvalue weighted by Gasteiger charge is -2.06. The van der Waals surface area contributed by atoms with Crippen molar-refractivity contribution in [3.8, 4) is 0 Å². The summed E-state index contributed by atoms with van der Waals surface area (Å²) in [5.41, 5.74) is -0.443. The third kappa shape index (κ3) is 2.62. The van der Waals surface area contributed by atoms with Crippen LogP contribution in [-0.2, 0) is 10.8 Å². The van der Waals surface area contributed by atoms with Crippen molar-refractivity contribution in [2.75, 3.05) is 0 Å². The van der Waals surface area contributed by atoms with Crippen molar-refractivity contribution in [1.82, 2.24) is 0 Å². The van der Waals surface area contributed by atoms with Crippen molar-refractivity contribution in [3.05, 3.63) is 29.6 Å². The first kappa shape index (κ1) is 11.8. The zero-order chi connectivity index (χ0) is 11.6. The summed E-state index contributed by atoms with van der Waals surface area (Å²) in [4.78, 5) is 11.0. The largest absolute Gasteiger partial charge is 0.478 e. The predicted molar refractivity (Wildman–Crippen MR) is 54.9 cm³/mol. The maximum absolute atomic E-state index is 13.0. The Balaban J connectivity index is 3.19. The number of aromatic carboxylic acids is 1. The van der Waals surface area contributed by atoms with E-state index in [1.807, 2.05) is 0 Å². The third-order valence-electron chi connectivity index (χ3n) is 1.83. The van der Waals surface area contributed by atoms with Gasteiger partial charge < -0.3 is 5.11 Å². The van der Waals surface area contributed by atoms with Gasteiger partial charge in [-0.15, -0.1) is 0 Å². The van der Waals surface area contributed by atoms with Gasteiger partial charge in [0.1, 0.15) is 5.82 Å². The van der Waals surface area contributed by atoms with E-state index >= 15 is 0 Å². The van der Waals surface area contributed by atoms with E-state index in [9.17, 15) is 13.4 Å². The highest BCUT2D eigenvalue weighted by molar-refractivity contribution is 7.85. The number of hydrogen-bond donors (Lipinski definition) is 1. The average Bonchev–Trinajstić information content (AvgIpc) is 2.16. The molecule has 0 bridgehead atoms. The monoisotopic (exact) mass is 230 g/mol. The van der Waals surface area contributed by atoms with E-state index in [1.54, 1.807) is 13.8 Å². The molecule has 15 heavy (non-hydrogen) atoms. The molecule has 0 aliphatic carbocycles. The number of halogens is 1. The summed E-state index contributed by atoms with van der Waals surface area (Å²) < 4.78 is 24.6. The zero-order valence-electron chi connectivity index (χ0n) is 8.36. The molecule has 3 nitrogen and oxygen atoms in total. The minimum Gasteiger partial charge on any atom is -0.478 e. The molecule has 1 unspecified atom stereocenters. The summed E-state index contributed by atoms with van der Waals surface area (Å²) in [7, 11) is -1.30. The van der Waals surface area contributed by atoms with Gasteiger partial charge in [-0.05, 0) is 18.2 Å². The molecule has 0 saturated carbocycles. The van der Waals surface area contributed by atoms with E-state index in [2.05, 4.69) is 0 Å². The van der Waals surface area contributed by atoms with Crippen LogP contribution < -0.4 is 0 Å². The quantitative estimate of drug-likeness (QED) is 0.864. The maximum atomic E-state index is 13.0. The van der Waals surface area contributed by atoms with Gasteiger partial charge in [0.15, 0.2) is 0 Å². The first-order valence-electron chi connectivity index (χ1n) is 4.37. The molecule has 0 radical (unpaired) electrons. The van der Waals surface area contributed by atoms with Gasteiger partial charge in [-0.1, -0.05) is 13.8 Å². The molecule has 0 amide bonds. The van der Waals surface area contributed by atoms with Gasteiger partial charge in [0.05, 0.1) is 16.4 Å². The Bertz CT molecular complexity index is 415. The van der Waals surface area contributed by atoms with Crippen LogP contribution in [0.3, 0.4) is 0 Å². The maximum Gasteiger partial charge on any atom is 0.338 e. The van der Waals surface area contributed by atoms with Gasteiger partial charge in [0.25, 0.3) is 0 Å². The number of carboxylic acid groups (broad SMARTS) is 1. The van der Waals surface area contributed by atoms with Crippen LogP contribution in [0, 0.1) is 5.82 Å². The average molecular weight is 230 g/mol.